The monoisotopic (exact) mass is 237 g/mol. The van der Waals surface area contributed by atoms with Gasteiger partial charge in [-0.3, -0.25) is 4.90 Å². The zero-order valence-electron chi connectivity index (χ0n) is 9.90. The minimum atomic E-state index is -0.680. The van der Waals surface area contributed by atoms with Crippen molar-refractivity contribution in [2.24, 2.45) is 0 Å². The van der Waals surface area contributed by atoms with Crippen LogP contribution in [0.4, 0.5) is 0 Å². The number of rotatable bonds is 2. The first kappa shape index (κ1) is 12.0. The Morgan fingerprint density at radius 2 is 2.19 bits per heavy atom. The molecule has 0 spiro atoms. The quantitative estimate of drug-likeness (QED) is 0.769. The first-order valence-electron chi connectivity index (χ1n) is 5.68. The van der Waals surface area contributed by atoms with Crippen LogP contribution in [0.5, 0.6) is 0 Å². The molecule has 1 fully saturated rings. The van der Waals surface area contributed by atoms with E-state index in [-0.39, 0.29) is 0 Å². The Kier molecular flexibility index (Phi) is 3.29. The molecule has 1 saturated heterocycles. The summed E-state index contributed by atoms with van der Waals surface area (Å²) in [6.07, 6.45) is 0.803. The Bertz CT molecular complexity index is 394. The fourth-order valence-corrected chi connectivity index (χ4v) is 2.79. The molecule has 1 unspecified atom stereocenters. The highest BCUT2D eigenvalue weighted by Gasteiger charge is 2.37. The molecule has 1 heterocycles. The van der Waals surface area contributed by atoms with Crippen LogP contribution in [0.15, 0.2) is 18.2 Å². The Balaban J connectivity index is 2.30. The van der Waals surface area contributed by atoms with Crippen molar-refractivity contribution in [3.05, 3.63) is 34.9 Å². The zero-order valence-corrected chi connectivity index (χ0v) is 10.8. The van der Waals surface area contributed by atoms with E-state index in [0.717, 1.165) is 18.5 Å². The summed E-state index contributed by atoms with van der Waals surface area (Å²) < 4.78 is 0. The number of benzene rings is 1. The van der Waals surface area contributed by atoms with Gasteiger partial charge in [0.15, 0.2) is 0 Å². The van der Waals surface area contributed by atoms with E-state index in [1.54, 1.807) is 0 Å². The van der Waals surface area contributed by atoms with Crippen LogP contribution in [0, 0.1) is 13.8 Å². The number of aliphatic hydroxyl groups is 1. The van der Waals surface area contributed by atoms with E-state index in [2.05, 4.69) is 49.6 Å². The average Bonchev–Trinajstić information content (AvgIpc) is 2.61. The molecule has 88 valence electrons. The van der Waals surface area contributed by atoms with E-state index in [0.29, 0.717) is 12.4 Å². The summed E-state index contributed by atoms with van der Waals surface area (Å²) in [7, 11) is 0. The number of hydrogen-bond acceptors (Lipinski definition) is 3. The van der Waals surface area contributed by atoms with Crippen LogP contribution in [0.1, 0.15) is 23.1 Å². The third kappa shape index (κ3) is 2.12. The largest absolute Gasteiger partial charge is 0.384 e. The summed E-state index contributed by atoms with van der Waals surface area (Å²) in [6, 6.07) is 6.27. The van der Waals surface area contributed by atoms with Crippen molar-refractivity contribution < 1.29 is 5.11 Å². The maximum atomic E-state index is 10.7. The minimum absolute atomic E-state index is 0.680. The Morgan fingerprint density at radius 3 is 2.75 bits per heavy atom. The number of likely N-dealkylation sites (tertiary alicyclic amines) is 1. The number of β-amino-alcohol motifs (C(OH)–C–C–N with tert-alkyl or cyclic N) is 1. The van der Waals surface area contributed by atoms with E-state index in [1.807, 2.05) is 0 Å². The van der Waals surface area contributed by atoms with Gasteiger partial charge in [-0.05, 0) is 31.4 Å². The molecule has 1 aliphatic heterocycles. The molecule has 2 rings (SSSR count). The highest BCUT2D eigenvalue weighted by Crippen LogP contribution is 2.34. The van der Waals surface area contributed by atoms with Gasteiger partial charge in [0.25, 0.3) is 0 Å². The second-order valence-electron chi connectivity index (χ2n) is 4.79. The molecule has 0 saturated carbocycles. The predicted octanol–water partition coefficient (Wildman–Crippen LogP) is 2.08. The lowest BCUT2D eigenvalue weighted by atomic mass is 9.89. The molecule has 16 heavy (non-hydrogen) atoms. The Labute approximate surface area is 103 Å². The van der Waals surface area contributed by atoms with Gasteiger partial charge in [0.05, 0.1) is 0 Å². The molecule has 0 radical (unpaired) electrons. The summed E-state index contributed by atoms with van der Waals surface area (Å²) >= 11 is 4.26. The summed E-state index contributed by atoms with van der Waals surface area (Å²) in [4.78, 5) is 2.17. The van der Waals surface area contributed by atoms with Crippen molar-refractivity contribution in [1.82, 2.24) is 4.90 Å². The van der Waals surface area contributed by atoms with Gasteiger partial charge in [-0.2, -0.15) is 12.6 Å². The fraction of sp³-hybridized carbons (Fsp3) is 0.538. The second-order valence-corrected chi connectivity index (χ2v) is 5.08. The van der Waals surface area contributed by atoms with Gasteiger partial charge in [0, 0.05) is 19.0 Å². The highest BCUT2D eigenvalue weighted by molar-refractivity contribution is 7.80. The first-order valence-corrected chi connectivity index (χ1v) is 6.32. The first-order chi connectivity index (χ1) is 7.55. The summed E-state index contributed by atoms with van der Waals surface area (Å²) in [5, 5.41) is 10.7. The van der Waals surface area contributed by atoms with E-state index in [1.165, 1.54) is 11.1 Å². The van der Waals surface area contributed by atoms with Crippen molar-refractivity contribution in [2.45, 2.75) is 25.9 Å². The lowest BCUT2D eigenvalue weighted by molar-refractivity contribution is 0.0477. The van der Waals surface area contributed by atoms with Crippen LogP contribution >= 0.6 is 12.6 Å². The van der Waals surface area contributed by atoms with E-state index >= 15 is 0 Å². The molecule has 1 aromatic rings. The van der Waals surface area contributed by atoms with Crippen LogP contribution in [0.3, 0.4) is 0 Å². The molecule has 0 aliphatic carbocycles. The topological polar surface area (TPSA) is 23.5 Å². The third-order valence-electron chi connectivity index (χ3n) is 3.41. The molecule has 3 heteroatoms. The van der Waals surface area contributed by atoms with Crippen LogP contribution < -0.4 is 0 Å². The fourth-order valence-electron chi connectivity index (χ4n) is 2.55. The van der Waals surface area contributed by atoms with Crippen LogP contribution in [0.2, 0.25) is 0 Å². The SMILES string of the molecule is Cc1ccc(C2(O)CCN(CS)C2)c(C)c1. The number of thiol groups is 1. The molecular formula is C13H19NOS. The van der Waals surface area contributed by atoms with Crippen molar-refractivity contribution >= 4 is 12.6 Å². The van der Waals surface area contributed by atoms with Crippen molar-refractivity contribution in [1.29, 1.82) is 0 Å². The maximum Gasteiger partial charge on any atom is 0.104 e. The zero-order chi connectivity index (χ0) is 11.8. The van der Waals surface area contributed by atoms with Gasteiger partial charge in [0.2, 0.25) is 0 Å². The van der Waals surface area contributed by atoms with E-state index in [9.17, 15) is 5.11 Å². The molecule has 0 amide bonds. The van der Waals surface area contributed by atoms with Crippen LogP contribution in [-0.4, -0.2) is 29.0 Å². The van der Waals surface area contributed by atoms with Crippen LogP contribution in [-0.2, 0) is 5.60 Å². The Morgan fingerprint density at radius 1 is 1.44 bits per heavy atom. The standard InChI is InChI=1S/C13H19NOS/c1-10-3-4-12(11(2)7-10)13(15)5-6-14(8-13)9-16/h3-4,7,15-16H,5-6,8-9H2,1-2H3. The van der Waals surface area contributed by atoms with Gasteiger partial charge in [-0.1, -0.05) is 23.8 Å². The lowest BCUT2D eigenvalue weighted by Gasteiger charge is -2.25. The second kappa shape index (κ2) is 4.40. The molecule has 1 atom stereocenters. The smallest absolute Gasteiger partial charge is 0.104 e. The predicted molar refractivity (Wildman–Crippen MR) is 69.9 cm³/mol. The maximum absolute atomic E-state index is 10.7. The lowest BCUT2D eigenvalue weighted by Crippen LogP contribution is -2.31. The van der Waals surface area contributed by atoms with Crippen molar-refractivity contribution in [3.8, 4) is 0 Å². The molecular weight excluding hydrogens is 218 g/mol. The summed E-state index contributed by atoms with van der Waals surface area (Å²) in [6.45, 7) is 5.77. The Hall–Kier alpha value is -0.510. The van der Waals surface area contributed by atoms with Gasteiger partial charge >= 0.3 is 0 Å². The van der Waals surface area contributed by atoms with Gasteiger partial charge < -0.3 is 5.11 Å². The molecule has 0 aromatic heterocycles. The molecule has 1 N–H and O–H groups in total. The molecule has 1 aliphatic rings. The van der Waals surface area contributed by atoms with E-state index < -0.39 is 5.60 Å². The van der Waals surface area contributed by atoms with E-state index in [4.69, 9.17) is 0 Å². The van der Waals surface area contributed by atoms with Gasteiger partial charge in [0.1, 0.15) is 5.60 Å². The number of nitrogens with zero attached hydrogens (tertiary/aromatic N) is 1. The minimum Gasteiger partial charge on any atom is -0.384 e. The third-order valence-corrected chi connectivity index (χ3v) is 3.81. The van der Waals surface area contributed by atoms with Crippen molar-refractivity contribution in [2.75, 3.05) is 19.0 Å². The van der Waals surface area contributed by atoms with Crippen LogP contribution in [0.25, 0.3) is 0 Å². The van der Waals surface area contributed by atoms with Crippen molar-refractivity contribution in [3.63, 3.8) is 0 Å². The summed E-state index contributed by atoms with van der Waals surface area (Å²) in [5.74, 6) is 0.715. The average molecular weight is 237 g/mol. The molecule has 2 nitrogen and oxygen atoms in total. The number of hydrogen-bond donors (Lipinski definition) is 2. The van der Waals surface area contributed by atoms with Gasteiger partial charge in [-0.25, -0.2) is 0 Å². The highest BCUT2D eigenvalue weighted by atomic mass is 32.1. The summed E-state index contributed by atoms with van der Waals surface area (Å²) in [5.41, 5.74) is 2.82. The normalized spacial score (nSPS) is 26.2. The molecule has 1 aromatic carbocycles. The van der Waals surface area contributed by atoms with Gasteiger partial charge in [-0.15, -0.1) is 0 Å². The molecule has 0 bridgehead atoms. The number of aryl methyl sites for hydroxylation is 2.